The predicted molar refractivity (Wildman–Crippen MR) is 80.4 cm³/mol. The maximum atomic E-state index is 11.3. The Balaban J connectivity index is 2.36. The van der Waals surface area contributed by atoms with Crippen molar-refractivity contribution in [3.63, 3.8) is 0 Å². The van der Waals surface area contributed by atoms with Gasteiger partial charge in [-0.15, -0.1) is 0 Å². The average Bonchev–Trinajstić information content (AvgIpc) is 2.44. The summed E-state index contributed by atoms with van der Waals surface area (Å²) in [5.41, 5.74) is 2.25. The van der Waals surface area contributed by atoms with E-state index in [-0.39, 0.29) is 5.69 Å². The monoisotopic (exact) mass is 288 g/mol. The molecule has 0 saturated carbocycles. The molecule has 1 aliphatic rings. The van der Waals surface area contributed by atoms with Gasteiger partial charge in [-0.3, -0.25) is 10.1 Å². The quantitative estimate of drug-likeness (QED) is 0.398. The predicted octanol–water partition coefficient (Wildman–Crippen LogP) is 2.85. The van der Waals surface area contributed by atoms with Gasteiger partial charge in [-0.25, -0.2) is 4.79 Å². The third-order valence-electron chi connectivity index (χ3n) is 3.29. The highest BCUT2D eigenvalue weighted by Gasteiger charge is 2.21. The number of carboxylic acids is 1. The third-order valence-corrected chi connectivity index (χ3v) is 3.29. The number of nitro groups is 1. The van der Waals surface area contributed by atoms with E-state index in [0.29, 0.717) is 17.8 Å². The van der Waals surface area contributed by atoms with Crippen LogP contribution in [0.5, 0.6) is 0 Å². The largest absolute Gasteiger partial charge is 0.478 e. The van der Waals surface area contributed by atoms with Crippen LogP contribution < -0.4 is 4.90 Å². The van der Waals surface area contributed by atoms with Crippen LogP contribution in [0.25, 0.3) is 6.08 Å². The van der Waals surface area contributed by atoms with Gasteiger partial charge in [-0.05, 0) is 31.1 Å². The number of rotatable bonds is 4. The Morgan fingerprint density at radius 1 is 1.48 bits per heavy atom. The van der Waals surface area contributed by atoms with Crippen LogP contribution >= 0.6 is 0 Å². The smallest absolute Gasteiger partial charge is 0.328 e. The number of carboxylic acid groups (broad SMARTS) is 1. The topological polar surface area (TPSA) is 83.7 Å². The number of aliphatic carboxylic acids is 1. The lowest BCUT2D eigenvalue weighted by Gasteiger charge is -2.28. The van der Waals surface area contributed by atoms with Crippen molar-refractivity contribution in [2.75, 3.05) is 18.0 Å². The molecule has 1 N–H and O–H groups in total. The molecule has 0 amide bonds. The molecule has 0 saturated heterocycles. The van der Waals surface area contributed by atoms with Gasteiger partial charge in [-0.2, -0.15) is 0 Å². The molecule has 0 aromatic heterocycles. The zero-order chi connectivity index (χ0) is 15.4. The Morgan fingerprint density at radius 2 is 2.24 bits per heavy atom. The number of anilines is 1. The number of nitrogens with zero attached hydrogens (tertiary/aromatic N) is 2. The first-order valence-electron chi connectivity index (χ1n) is 6.57. The molecule has 6 nitrogen and oxygen atoms in total. The fraction of sp³-hybridized carbons (Fsp3) is 0.267. The normalized spacial score (nSPS) is 15.1. The van der Waals surface area contributed by atoms with Crippen LogP contribution in [0.3, 0.4) is 0 Å². The van der Waals surface area contributed by atoms with Gasteiger partial charge in [-0.1, -0.05) is 17.7 Å². The molecule has 1 aromatic carbocycles. The van der Waals surface area contributed by atoms with Crippen molar-refractivity contribution in [2.24, 2.45) is 0 Å². The van der Waals surface area contributed by atoms with Crippen LogP contribution in [-0.2, 0) is 4.79 Å². The molecule has 6 heteroatoms. The number of hydrogen-bond acceptors (Lipinski definition) is 4. The molecule has 110 valence electrons. The lowest BCUT2D eigenvalue weighted by Crippen LogP contribution is -2.29. The van der Waals surface area contributed by atoms with Gasteiger partial charge in [0.2, 0.25) is 0 Å². The van der Waals surface area contributed by atoms with E-state index < -0.39 is 10.9 Å². The minimum atomic E-state index is -1.08. The van der Waals surface area contributed by atoms with E-state index in [9.17, 15) is 14.9 Å². The van der Waals surface area contributed by atoms with Gasteiger partial charge >= 0.3 is 5.97 Å². The van der Waals surface area contributed by atoms with E-state index in [2.05, 4.69) is 6.08 Å². The van der Waals surface area contributed by atoms with Gasteiger partial charge < -0.3 is 10.0 Å². The number of hydrogen-bond donors (Lipinski definition) is 1. The Bertz CT molecular complexity index is 635. The van der Waals surface area contributed by atoms with Gasteiger partial charge in [0.1, 0.15) is 5.69 Å². The maximum Gasteiger partial charge on any atom is 0.328 e. The van der Waals surface area contributed by atoms with Crippen molar-refractivity contribution in [3.05, 3.63) is 51.6 Å². The molecule has 1 aromatic rings. The molecule has 0 bridgehead atoms. The molecular formula is C15H16N2O4. The van der Waals surface area contributed by atoms with E-state index in [1.807, 2.05) is 11.8 Å². The Morgan fingerprint density at radius 3 is 2.86 bits per heavy atom. The molecule has 0 spiro atoms. The number of carbonyl (C=O) groups is 1. The minimum Gasteiger partial charge on any atom is -0.478 e. The zero-order valence-electron chi connectivity index (χ0n) is 11.7. The molecule has 0 radical (unpaired) electrons. The summed E-state index contributed by atoms with van der Waals surface area (Å²) in [5, 5.41) is 19.9. The van der Waals surface area contributed by atoms with E-state index in [0.717, 1.165) is 19.0 Å². The molecular weight excluding hydrogens is 272 g/mol. The van der Waals surface area contributed by atoms with Gasteiger partial charge in [0.15, 0.2) is 0 Å². The summed E-state index contributed by atoms with van der Waals surface area (Å²) < 4.78 is 0. The lowest BCUT2D eigenvalue weighted by atomic mass is 10.1. The third kappa shape index (κ3) is 3.68. The van der Waals surface area contributed by atoms with E-state index >= 15 is 0 Å². The number of nitro benzene ring substituents is 1. The summed E-state index contributed by atoms with van der Waals surface area (Å²) in [6, 6.07) is 4.77. The van der Waals surface area contributed by atoms with Crippen LogP contribution in [0, 0.1) is 10.1 Å². The highest BCUT2D eigenvalue weighted by atomic mass is 16.6. The standard InChI is InChI=1S/C15H16N2O4/c1-11-3-2-8-16(10-11)13-6-4-12(5-7-15(18)19)9-14(13)17(20)21/h3-7,9H,2,8,10H2,1H3,(H,18,19)/b7-5+. The molecule has 0 fully saturated rings. The fourth-order valence-electron chi connectivity index (χ4n) is 2.34. The molecule has 0 unspecified atom stereocenters. The SMILES string of the molecule is CC1=CCCN(c2ccc(/C=C/C(=O)O)cc2[N+](=O)[O-])C1. The second kappa shape index (κ2) is 6.21. The summed E-state index contributed by atoms with van der Waals surface area (Å²) in [6.45, 7) is 3.41. The molecule has 0 atom stereocenters. The Labute approximate surface area is 122 Å². The maximum absolute atomic E-state index is 11.3. The highest BCUT2D eigenvalue weighted by Crippen LogP contribution is 2.31. The van der Waals surface area contributed by atoms with Crippen LogP contribution in [0.1, 0.15) is 18.9 Å². The van der Waals surface area contributed by atoms with E-state index in [1.54, 1.807) is 12.1 Å². The van der Waals surface area contributed by atoms with Gasteiger partial charge in [0, 0.05) is 25.2 Å². The van der Waals surface area contributed by atoms with Crippen molar-refractivity contribution in [2.45, 2.75) is 13.3 Å². The summed E-state index contributed by atoms with van der Waals surface area (Å²) >= 11 is 0. The minimum absolute atomic E-state index is 0.00256. The average molecular weight is 288 g/mol. The first kappa shape index (κ1) is 14.8. The summed E-state index contributed by atoms with van der Waals surface area (Å²) in [5.74, 6) is -1.08. The number of benzene rings is 1. The van der Waals surface area contributed by atoms with Crippen LogP contribution in [0.15, 0.2) is 35.9 Å². The van der Waals surface area contributed by atoms with Gasteiger partial charge in [0.25, 0.3) is 5.69 Å². The van der Waals surface area contributed by atoms with E-state index in [1.165, 1.54) is 17.7 Å². The van der Waals surface area contributed by atoms with Crippen LogP contribution in [0.4, 0.5) is 11.4 Å². The van der Waals surface area contributed by atoms with Crippen molar-refractivity contribution >= 4 is 23.4 Å². The zero-order valence-corrected chi connectivity index (χ0v) is 11.7. The molecule has 2 rings (SSSR count). The highest BCUT2D eigenvalue weighted by molar-refractivity contribution is 5.85. The summed E-state index contributed by atoms with van der Waals surface area (Å²) in [6.07, 6.45) is 5.31. The van der Waals surface area contributed by atoms with Crippen molar-refractivity contribution in [3.8, 4) is 0 Å². The first-order chi connectivity index (χ1) is 9.97. The molecule has 0 aliphatic carbocycles. The van der Waals surface area contributed by atoms with E-state index in [4.69, 9.17) is 5.11 Å². The second-order valence-corrected chi connectivity index (χ2v) is 4.94. The van der Waals surface area contributed by atoms with Crippen molar-refractivity contribution in [1.29, 1.82) is 0 Å². The Kier molecular flexibility index (Phi) is 4.37. The molecule has 1 heterocycles. The fourth-order valence-corrected chi connectivity index (χ4v) is 2.34. The second-order valence-electron chi connectivity index (χ2n) is 4.94. The van der Waals surface area contributed by atoms with Crippen molar-refractivity contribution in [1.82, 2.24) is 0 Å². The van der Waals surface area contributed by atoms with Gasteiger partial charge in [0.05, 0.1) is 4.92 Å². The molecule has 21 heavy (non-hydrogen) atoms. The van der Waals surface area contributed by atoms with Crippen molar-refractivity contribution < 1.29 is 14.8 Å². The van der Waals surface area contributed by atoms with Crippen LogP contribution in [0.2, 0.25) is 0 Å². The summed E-state index contributed by atoms with van der Waals surface area (Å²) in [4.78, 5) is 23.3. The Hall–Kier alpha value is -2.63. The lowest BCUT2D eigenvalue weighted by molar-refractivity contribution is -0.384. The first-order valence-corrected chi connectivity index (χ1v) is 6.57. The summed E-state index contributed by atoms with van der Waals surface area (Å²) in [7, 11) is 0. The molecule has 1 aliphatic heterocycles. The van der Waals surface area contributed by atoms with Crippen LogP contribution in [-0.4, -0.2) is 29.1 Å².